The highest BCUT2D eigenvalue weighted by Gasteiger charge is 2.44. The molecular formula is C33H34N2O7. The Hall–Kier alpha value is -4.28. The third-order valence-corrected chi connectivity index (χ3v) is 6.90. The highest BCUT2D eigenvalue weighted by molar-refractivity contribution is 5.95. The van der Waals surface area contributed by atoms with Gasteiger partial charge in [0.25, 0.3) is 5.91 Å². The van der Waals surface area contributed by atoms with E-state index in [1.54, 1.807) is 0 Å². The van der Waals surface area contributed by atoms with Gasteiger partial charge in [0.1, 0.15) is 18.3 Å². The maximum absolute atomic E-state index is 13.3. The molecule has 1 aliphatic rings. The van der Waals surface area contributed by atoms with Crippen molar-refractivity contribution in [1.29, 1.82) is 0 Å². The number of hydrogen-bond acceptors (Lipinski definition) is 8. The van der Waals surface area contributed by atoms with Gasteiger partial charge in [0.15, 0.2) is 23.4 Å². The molecule has 4 aromatic rings. The minimum Gasteiger partial charge on any atom is -0.503 e. The number of methoxy groups -OCH3 is 1. The molecule has 42 heavy (non-hydrogen) atoms. The van der Waals surface area contributed by atoms with E-state index in [2.05, 4.69) is 10.3 Å². The number of hydrogen-bond donors (Lipinski definition) is 2. The van der Waals surface area contributed by atoms with Crippen LogP contribution in [-0.4, -0.2) is 54.3 Å². The van der Waals surface area contributed by atoms with Crippen LogP contribution in [0.2, 0.25) is 0 Å². The molecule has 2 heterocycles. The first kappa shape index (κ1) is 29.2. The monoisotopic (exact) mass is 570 g/mol. The average Bonchev–Trinajstić information content (AvgIpc) is 3.04. The van der Waals surface area contributed by atoms with Crippen molar-refractivity contribution in [3.63, 3.8) is 0 Å². The Labute approximate surface area is 245 Å². The Kier molecular flexibility index (Phi) is 10.1. The number of pyridine rings is 1. The van der Waals surface area contributed by atoms with E-state index in [1.165, 1.54) is 19.4 Å². The maximum Gasteiger partial charge on any atom is 0.275 e. The zero-order valence-corrected chi connectivity index (χ0v) is 23.3. The van der Waals surface area contributed by atoms with Crippen molar-refractivity contribution in [2.45, 2.75) is 44.4 Å². The van der Waals surface area contributed by atoms with Gasteiger partial charge in [-0.2, -0.15) is 0 Å². The Morgan fingerprint density at radius 1 is 0.810 bits per heavy atom. The Morgan fingerprint density at radius 2 is 1.33 bits per heavy atom. The summed E-state index contributed by atoms with van der Waals surface area (Å²) in [6.45, 7) is 1.05. The molecule has 218 valence electrons. The zero-order chi connectivity index (χ0) is 29.1. The summed E-state index contributed by atoms with van der Waals surface area (Å²) in [7, 11) is 1.40. The predicted molar refractivity (Wildman–Crippen MR) is 155 cm³/mol. The molecule has 0 aliphatic carbocycles. The lowest BCUT2D eigenvalue weighted by Gasteiger charge is -2.42. The van der Waals surface area contributed by atoms with Crippen LogP contribution < -0.4 is 10.1 Å². The fourth-order valence-corrected chi connectivity index (χ4v) is 4.70. The van der Waals surface area contributed by atoms with Crippen LogP contribution in [0.3, 0.4) is 0 Å². The average molecular weight is 571 g/mol. The second-order valence-corrected chi connectivity index (χ2v) is 9.80. The number of aromatic nitrogens is 1. The van der Waals surface area contributed by atoms with Gasteiger partial charge in [-0.25, -0.2) is 4.98 Å². The third kappa shape index (κ3) is 7.51. The molecule has 0 saturated carbocycles. The van der Waals surface area contributed by atoms with Gasteiger partial charge in [0.2, 0.25) is 0 Å². The lowest BCUT2D eigenvalue weighted by Crippen LogP contribution is -2.61. The summed E-state index contributed by atoms with van der Waals surface area (Å²) in [5.74, 6) is -0.874. The number of nitrogens with one attached hydrogen (secondary N) is 1. The molecule has 1 saturated heterocycles. The third-order valence-electron chi connectivity index (χ3n) is 6.90. The quantitative estimate of drug-likeness (QED) is 0.254. The lowest BCUT2D eigenvalue weighted by molar-refractivity contribution is -0.241. The molecule has 1 amide bonds. The molecule has 0 bridgehead atoms. The summed E-state index contributed by atoms with van der Waals surface area (Å²) in [4.78, 5) is 17.4. The normalized spacial score (nSPS) is 20.1. The molecule has 2 N–H and O–H groups in total. The molecule has 9 heteroatoms. The minimum atomic E-state index is -0.925. The van der Waals surface area contributed by atoms with Crippen molar-refractivity contribution in [3.8, 4) is 11.5 Å². The van der Waals surface area contributed by atoms with Gasteiger partial charge in [-0.3, -0.25) is 4.79 Å². The molecule has 4 atom stereocenters. The van der Waals surface area contributed by atoms with Gasteiger partial charge in [-0.1, -0.05) is 91.0 Å². The number of rotatable bonds is 12. The molecule has 9 nitrogen and oxygen atoms in total. The Balaban J connectivity index is 1.40. The summed E-state index contributed by atoms with van der Waals surface area (Å²) < 4.78 is 30.5. The molecule has 1 fully saturated rings. The van der Waals surface area contributed by atoms with Crippen molar-refractivity contribution in [3.05, 3.63) is 126 Å². The van der Waals surface area contributed by atoms with Gasteiger partial charge in [0, 0.05) is 12.3 Å². The van der Waals surface area contributed by atoms with Crippen LogP contribution in [0.15, 0.2) is 103 Å². The predicted octanol–water partition coefficient (Wildman–Crippen LogP) is 4.64. The van der Waals surface area contributed by atoms with Crippen LogP contribution >= 0.6 is 0 Å². The number of aromatic hydroxyl groups is 1. The molecule has 1 aliphatic heterocycles. The van der Waals surface area contributed by atoms with Crippen molar-refractivity contribution in [1.82, 2.24) is 10.3 Å². The van der Waals surface area contributed by atoms with Crippen molar-refractivity contribution in [2.75, 3.05) is 13.7 Å². The van der Waals surface area contributed by atoms with Crippen LogP contribution in [0.5, 0.6) is 11.5 Å². The van der Waals surface area contributed by atoms with Crippen molar-refractivity contribution in [2.24, 2.45) is 0 Å². The van der Waals surface area contributed by atoms with E-state index in [-0.39, 0.29) is 30.4 Å². The zero-order valence-electron chi connectivity index (χ0n) is 23.3. The summed E-state index contributed by atoms with van der Waals surface area (Å²) in [6.07, 6.45) is -1.40. The van der Waals surface area contributed by atoms with E-state index in [0.717, 1.165) is 16.7 Å². The molecule has 3 aromatic carbocycles. The second kappa shape index (κ2) is 14.6. The molecule has 5 rings (SSSR count). The topological polar surface area (TPSA) is 108 Å². The van der Waals surface area contributed by atoms with Crippen LogP contribution in [0.25, 0.3) is 0 Å². The van der Waals surface area contributed by atoms with Crippen LogP contribution in [0.4, 0.5) is 0 Å². The fraction of sp³-hybridized carbons (Fsp3) is 0.273. The largest absolute Gasteiger partial charge is 0.503 e. The van der Waals surface area contributed by atoms with E-state index in [1.807, 2.05) is 91.0 Å². The first-order valence-electron chi connectivity index (χ1n) is 13.7. The summed E-state index contributed by atoms with van der Waals surface area (Å²) in [5, 5.41) is 13.4. The highest BCUT2D eigenvalue weighted by Crippen LogP contribution is 2.29. The number of benzene rings is 3. The molecular weight excluding hydrogens is 536 g/mol. The van der Waals surface area contributed by atoms with Crippen LogP contribution in [-0.2, 0) is 38.8 Å². The van der Waals surface area contributed by atoms with Gasteiger partial charge < -0.3 is 34.1 Å². The Bertz CT molecular complexity index is 1410. The Morgan fingerprint density at radius 3 is 1.88 bits per heavy atom. The van der Waals surface area contributed by atoms with Gasteiger partial charge in [-0.15, -0.1) is 0 Å². The van der Waals surface area contributed by atoms with Crippen LogP contribution in [0.1, 0.15) is 27.2 Å². The van der Waals surface area contributed by atoms with E-state index >= 15 is 0 Å². The maximum atomic E-state index is 13.3. The van der Waals surface area contributed by atoms with Gasteiger partial charge in [0.05, 0.1) is 33.5 Å². The number of carbonyl (C=O) groups excluding carboxylic acids is 1. The van der Waals surface area contributed by atoms with E-state index in [4.69, 9.17) is 23.7 Å². The summed E-state index contributed by atoms with van der Waals surface area (Å²) in [6, 6.07) is 30.8. The van der Waals surface area contributed by atoms with Gasteiger partial charge >= 0.3 is 0 Å². The first-order valence-corrected chi connectivity index (χ1v) is 13.7. The second-order valence-electron chi connectivity index (χ2n) is 9.80. The van der Waals surface area contributed by atoms with Crippen LogP contribution in [0, 0.1) is 0 Å². The standard InChI is InChI=1S/C33H34N2O7/c1-38-26-17-18-34-28(29(26)36)32(37)35-33-31(41-21-25-15-9-4-10-16-25)30(40-20-24-13-7-3-8-14-24)27(22-42-33)39-19-23-11-5-2-6-12-23/h2-18,27,30-31,33,36H,19-22H2,1H3,(H,35,37). The fourth-order valence-electron chi connectivity index (χ4n) is 4.70. The lowest BCUT2D eigenvalue weighted by atomic mass is 10.0. The highest BCUT2D eigenvalue weighted by atomic mass is 16.6. The smallest absolute Gasteiger partial charge is 0.275 e. The number of amides is 1. The van der Waals surface area contributed by atoms with Gasteiger partial charge in [-0.05, 0) is 16.7 Å². The van der Waals surface area contributed by atoms with E-state index in [0.29, 0.717) is 13.2 Å². The minimum absolute atomic E-state index is 0.134. The van der Waals surface area contributed by atoms with Crippen molar-refractivity contribution >= 4 is 5.91 Å². The van der Waals surface area contributed by atoms with E-state index < -0.39 is 30.4 Å². The first-order chi connectivity index (χ1) is 20.6. The number of carbonyl (C=O) groups is 1. The number of nitrogens with zero attached hydrogens (tertiary/aromatic N) is 1. The van der Waals surface area contributed by atoms with E-state index in [9.17, 15) is 9.90 Å². The SMILES string of the molecule is COc1ccnc(C(=O)NC2OCC(OCc3ccccc3)C(OCc3ccccc3)C2OCc2ccccc2)c1O. The van der Waals surface area contributed by atoms with Crippen molar-refractivity contribution < 1.29 is 33.6 Å². The molecule has 4 unspecified atom stereocenters. The molecule has 0 radical (unpaired) electrons. The molecule has 1 aromatic heterocycles. The molecule has 0 spiro atoms. The number of ether oxygens (including phenoxy) is 5. The summed E-state index contributed by atoms with van der Waals surface area (Å²) >= 11 is 0. The summed E-state index contributed by atoms with van der Waals surface area (Å²) in [5.41, 5.74) is 2.75.